The summed E-state index contributed by atoms with van der Waals surface area (Å²) in [7, 11) is 0.604. The van der Waals surface area contributed by atoms with Crippen molar-refractivity contribution in [3.05, 3.63) is 102 Å². The normalized spacial score (nSPS) is 16.5. The Labute approximate surface area is 246 Å². The average molecular weight is 570 g/mol. The Morgan fingerprint density at radius 3 is 2.24 bits per heavy atom. The van der Waals surface area contributed by atoms with Crippen LogP contribution in [0.4, 0.5) is 0 Å². The third-order valence-electron chi connectivity index (χ3n) is 7.16. The maximum Gasteiger partial charge on any atom is 0.636 e. The fraction of sp³-hybridized carbons (Fsp3) is 0.281. The summed E-state index contributed by atoms with van der Waals surface area (Å²) in [6.45, 7) is 6.45. The first-order chi connectivity index (χ1) is 20.2. The van der Waals surface area contributed by atoms with Crippen LogP contribution in [0.3, 0.4) is 0 Å². The summed E-state index contributed by atoms with van der Waals surface area (Å²) in [5.74, 6) is 0.994. The Kier molecular flexibility index (Phi) is 8.81. The zero-order chi connectivity index (χ0) is 29.6. The molecule has 2 heterocycles. The molecular formula is C32H35BN2O7. The maximum absolute atomic E-state index is 11.8. The molecule has 0 radical (unpaired) electrons. The van der Waals surface area contributed by atoms with E-state index >= 15 is 0 Å². The molecule has 3 aromatic rings. The quantitative estimate of drug-likeness (QED) is 0.349. The standard InChI is InChI=1S/C32H35BN2O7/c1-22-16-28(39-15-14-35-13-5-8-29(35)36)17-23(2)32(22)25-7-4-6-24(18-25)21-40-27-11-9-26(10-12-27)33-41-30(37)19-34(3)20-31(38)42-33/h4,6-7,9-12,16-20,37-38H,5,8,13-15,21H2,1-3H3/b30-19-,31-20?. The van der Waals surface area contributed by atoms with E-state index in [0.29, 0.717) is 37.4 Å². The van der Waals surface area contributed by atoms with Gasteiger partial charge in [-0.1, -0.05) is 30.3 Å². The van der Waals surface area contributed by atoms with E-state index in [4.69, 9.17) is 18.8 Å². The minimum absolute atomic E-state index is 0.211. The van der Waals surface area contributed by atoms with Gasteiger partial charge in [-0.3, -0.25) is 4.79 Å². The van der Waals surface area contributed by atoms with Crippen LogP contribution >= 0.6 is 0 Å². The molecule has 1 fully saturated rings. The zero-order valence-corrected chi connectivity index (χ0v) is 24.1. The highest BCUT2D eigenvalue weighted by Crippen LogP contribution is 2.32. The monoisotopic (exact) mass is 570 g/mol. The van der Waals surface area contributed by atoms with E-state index in [1.807, 2.05) is 29.2 Å². The number of ether oxygens (including phenoxy) is 2. The fourth-order valence-corrected chi connectivity index (χ4v) is 5.21. The van der Waals surface area contributed by atoms with Crippen molar-refractivity contribution in [2.45, 2.75) is 33.3 Å². The summed E-state index contributed by atoms with van der Waals surface area (Å²) in [6, 6.07) is 19.4. The number of likely N-dealkylation sites (tertiary alicyclic amines) is 1. The Bertz CT molecular complexity index is 1440. The molecule has 2 aliphatic heterocycles. The molecule has 2 aliphatic rings. The fourth-order valence-electron chi connectivity index (χ4n) is 5.21. The van der Waals surface area contributed by atoms with Crippen LogP contribution in [-0.4, -0.2) is 59.8 Å². The predicted molar refractivity (Wildman–Crippen MR) is 160 cm³/mol. The highest BCUT2D eigenvalue weighted by molar-refractivity contribution is 6.61. The molecule has 10 heteroatoms. The van der Waals surface area contributed by atoms with E-state index in [1.54, 1.807) is 31.3 Å². The van der Waals surface area contributed by atoms with E-state index in [2.05, 4.69) is 26.0 Å². The molecule has 1 saturated heterocycles. The zero-order valence-electron chi connectivity index (χ0n) is 24.1. The van der Waals surface area contributed by atoms with Gasteiger partial charge in [0.25, 0.3) is 11.9 Å². The molecule has 9 nitrogen and oxygen atoms in total. The maximum atomic E-state index is 11.8. The van der Waals surface area contributed by atoms with Crippen LogP contribution in [0.5, 0.6) is 11.5 Å². The first-order valence-corrected chi connectivity index (χ1v) is 14.0. The summed E-state index contributed by atoms with van der Waals surface area (Å²) in [4.78, 5) is 15.1. The number of carbonyl (C=O) groups is 1. The van der Waals surface area contributed by atoms with E-state index < -0.39 is 7.12 Å². The van der Waals surface area contributed by atoms with Crippen LogP contribution in [0.2, 0.25) is 0 Å². The van der Waals surface area contributed by atoms with Gasteiger partial charge < -0.3 is 38.8 Å². The second-order valence-electron chi connectivity index (χ2n) is 10.5. The van der Waals surface area contributed by atoms with Gasteiger partial charge in [-0.15, -0.1) is 0 Å². The second-order valence-corrected chi connectivity index (χ2v) is 10.5. The first-order valence-electron chi connectivity index (χ1n) is 14.0. The lowest BCUT2D eigenvalue weighted by Crippen LogP contribution is -2.37. The number of aliphatic hydroxyl groups is 2. The number of hydrogen-bond donors (Lipinski definition) is 2. The van der Waals surface area contributed by atoms with Crippen LogP contribution in [0.1, 0.15) is 29.5 Å². The Hall–Kier alpha value is -4.73. The van der Waals surface area contributed by atoms with Gasteiger partial charge in [0.15, 0.2) is 0 Å². The van der Waals surface area contributed by atoms with Gasteiger partial charge in [-0.05, 0) is 78.4 Å². The number of hydrogen-bond acceptors (Lipinski definition) is 8. The molecule has 0 aliphatic carbocycles. The third kappa shape index (κ3) is 7.12. The molecule has 42 heavy (non-hydrogen) atoms. The van der Waals surface area contributed by atoms with Crippen molar-refractivity contribution >= 4 is 18.5 Å². The second kappa shape index (κ2) is 12.8. The minimum Gasteiger partial charge on any atom is -0.494 e. The molecule has 5 rings (SSSR count). The van der Waals surface area contributed by atoms with E-state index in [1.165, 1.54) is 17.3 Å². The van der Waals surface area contributed by atoms with Gasteiger partial charge in [0, 0.05) is 25.5 Å². The molecule has 0 bridgehead atoms. The summed E-state index contributed by atoms with van der Waals surface area (Å²) >= 11 is 0. The lowest BCUT2D eigenvalue weighted by molar-refractivity contribution is -0.128. The number of benzene rings is 3. The van der Waals surface area contributed by atoms with Crippen molar-refractivity contribution in [2.75, 3.05) is 26.7 Å². The van der Waals surface area contributed by atoms with Gasteiger partial charge in [0.1, 0.15) is 24.7 Å². The summed E-state index contributed by atoms with van der Waals surface area (Å²) < 4.78 is 22.8. The number of nitrogens with zero attached hydrogens (tertiary/aromatic N) is 2. The van der Waals surface area contributed by atoms with E-state index in [0.717, 1.165) is 46.5 Å². The lowest BCUT2D eigenvalue weighted by atomic mass is 9.79. The number of rotatable bonds is 9. The minimum atomic E-state index is -1.02. The molecule has 0 saturated carbocycles. The largest absolute Gasteiger partial charge is 0.636 e. The van der Waals surface area contributed by atoms with Crippen molar-refractivity contribution in [1.82, 2.24) is 9.80 Å². The smallest absolute Gasteiger partial charge is 0.494 e. The van der Waals surface area contributed by atoms with Crippen LogP contribution in [0.25, 0.3) is 11.1 Å². The number of carbonyl (C=O) groups excluding carboxylic acids is 1. The van der Waals surface area contributed by atoms with Crippen LogP contribution in [-0.2, 0) is 20.7 Å². The van der Waals surface area contributed by atoms with E-state index in [9.17, 15) is 15.0 Å². The van der Waals surface area contributed by atoms with Crippen LogP contribution < -0.4 is 14.9 Å². The van der Waals surface area contributed by atoms with Gasteiger partial charge in [-0.25, -0.2) is 0 Å². The molecule has 0 atom stereocenters. The van der Waals surface area contributed by atoms with Crippen molar-refractivity contribution in [2.24, 2.45) is 0 Å². The highest BCUT2D eigenvalue weighted by Gasteiger charge is 2.29. The Balaban J connectivity index is 1.20. The average Bonchev–Trinajstić information content (AvgIpc) is 3.35. The summed E-state index contributed by atoms with van der Waals surface area (Å²) in [5.41, 5.74) is 6.10. The van der Waals surface area contributed by atoms with Crippen LogP contribution in [0.15, 0.2) is 85.0 Å². The van der Waals surface area contributed by atoms with Crippen molar-refractivity contribution in [3.63, 3.8) is 0 Å². The van der Waals surface area contributed by atoms with Gasteiger partial charge in [-0.2, -0.15) is 0 Å². The van der Waals surface area contributed by atoms with Gasteiger partial charge >= 0.3 is 7.12 Å². The predicted octanol–water partition coefficient (Wildman–Crippen LogP) is 4.94. The molecule has 0 spiro atoms. The number of amides is 1. The summed E-state index contributed by atoms with van der Waals surface area (Å²) in [5, 5.41) is 19.9. The van der Waals surface area contributed by atoms with Gasteiger partial charge in [0.2, 0.25) is 5.91 Å². The topological polar surface area (TPSA) is 101 Å². The van der Waals surface area contributed by atoms with E-state index in [-0.39, 0.29) is 17.8 Å². The van der Waals surface area contributed by atoms with Crippen molar-refractivity contribution < 1.29 is 33.8 Å². The molecule has 2 N–H and O–H groups in total. The van der Waals surface area contributed by atoms with Crippen LogP contribution in [0, 0.1) is 13.8 Å². The third-order valence-corrected chi connectivity index (χ3v) is 7.16. The SMILES string of the molecule is Cc1cc(OCCN2CCCC2=O)cc(C)c1-c1cccc(COc2ccc(B3OC(O)=CN(C)/C=C(/O)O3)cc2)c1. The molecule has 3 aromatic carbocycles. The molecular weight excluding hydrogens is 535 g/mol. The molecule has 1 amide bonds. The molecule has 218 valence electrons. The number of aliphatic hydroxyl groups excluding tert-OH is 2. The highest BCUT2D eigenvalue weighted by atomic mass is 16.7. The molecule has 0 unspecified atom stereocenters. The molecule has 0 aromatic heterocycles. The first kappa shape index (κ1) is 28.8. The van der Waals surface area contributed by atoms with Crippen molar-refractivity contribution in [3.8, 4) is 22.6 Å². The number of aryl methyl sites for hydroxylation is 2. The summed E-state index contributed by atoms with van der Waals surface area (Å²) in [6.07, 6.45) is 4.22. The van der Waals surface area contributed by atoms with Crippen molar-refractivity contribution in [1.29, 1.82) is 0 Å². The Morgan fingerprint density at radius 2 is 1.60 bits per heavy atom. The lowest BCUT2D eigenvalue weighted by Gasteiger charge is -2.20. The van der Waals surface area contributed by atoms with Gasteiger partial charge in [0.05, 0.1) is 18.9 Å². The Morgan fingerprint density at radius 1 is 0.905 bits per heavy atom.